The molecule has 1 saturated carbocycles. The molecule has 3 aromatic rings. The average molecular weight is 419 g/mol. The van der Waals surface area contributed by atoms with E-state index in [1.165, 1.54) is 58.3 Å². The van der Waals surface area contributed by atoms with Crippen LogP contribution in [0.15, 0.2) is 53.4 Å². The highest BCUT2D eigenvalue weighted by atomic mass is 32.2. The van der Waals surface area contributed by atoms with Crippen molar-refractivity contribution in [2.24, 2.45) is 5.92 Å². The van der Waals surface area contributed by atoms with Gasteiger partial charge in [-0.2, -0.15) is 0 Å². The van der Waals surface area contributed by atoms with Gasteiger partial charge in [0.2, 0.25) is 5.91 Å². The molecule has 2 aliphatic rings. The molecule has 4 heteroatoms. The van der Waals surface area contributed by atoms with Gasteiger partial charge in [0.1, 0.15) is 0 Å². The molecule has 1 aliphatic carbocycles. The van der Waals surface area contributed by atoms with Crippen molar-refractivity contribution in [1.29, 1.82) is 0 Å². The van der Waals surface area contributed by atoms with Gasteiger partial charge in [-0.05, 0) is 54.3 Å². The number of para-hydroxylation sites is 1. The number of carbonyl (C=O) groups excluding carboxylic acids is 1. The molecule has 0 bridgehead atoms. The molecule has 1 atom stereocenters. The zero-order valence-corrected chi connectivity index (χ0v) is 18.5. The van der Waals surface area contributed by atoms with Gasteiger partial charge in [-0.25, -0.2) is 0 Å². The lowest BCUT2D eigenvalue weighted by atomic mass is 9.91. The highest BCUT2D eigenvalue weighted by molar-refractivity contribution is 7.98. The van der Waals surface area contributed by atoms with Crippen molar-refractivity contribution in [3.05, 3.63) is 65.4 Å². The van der Waals surface area contributed by atoms with E-state index >= 15 is 0 Å². The molecule has 0 spiro atoms. The van der Waals surface area contributed by atoms with Crippen LogP contribution in [0, 0.1) is 5.92 Å². The number of hydrogen-bond acceptors (Lipinski definition) is 2. The first kappa shape index (κ1) is 19.7. The van der Waals surface area contributed by atoms with Crippen LogP contribution in [0.1, 0.15) is 61.4 Å². The van der Waals surface area contributed by atoms with Crippen LogP contribution in [-0.2, 0) is 11.2 Å². The summed E-state index contributed by atoms with van der Waals surface area (Å²) < 4.78 is 0. The van der Waals surface area contributed by atoms with Gasteiger partial charge in [-0.3, -0.25) is 4.79 Å². The average Bonchev–Trinajstić information content (AvgIpc) is 3.44. The number of thioether (sulfide) groups is 1. The van der Waals surface area contributed by atoms with Crippen molar-refractivity contribution in [1.82, 2.24) is 9.88 Å². The number of carbonyl (C=O) groups is 1. The number of rotatable bonds is 5. The lowest BCUT2D eigenvalue weighted by Crippen LogP contribution is -2.40. The van der Waals surface area contributed by atoms with Crippen molar-refractivity contribution in [2.75, 3.05) is 12.8 Å². The van der Waals surface area contributed by atoms with Crippen LogP contribution in [0.2, 0.25) is 0 Å². The topological polar surface area (TPSA) is 36.1 Å². The van der Waals surface area contributed by atoms with Gasteiger partial charge < -0.3 is 9.88 Å². The van der Waals surface area contributed by atoms with Gasteiger partial charge in [0.15, 0.2) is 0 Å². The highest BCUT2D eigenvalue weighted by Crippen LogP contribution is 2.39. The SMILES string of the molecule is CSc1ccc([C@H]2c3[nH]c4ccccc4c3CCN2C(=O)CCC2CCCC2)cc1. The number of benzene rings is 2. The Morgan fingerprint density at radius 2 is 1.87 bits per heavy atom. The van der Waals surface area contributed by atoms with Crippen LogP contribution < -0.4 is 0 Å². The molecule has 1 fully saturated rings. The van der Waals surface area contributed by atoms with Gasteiger partial charge in [-0.1, -0.05) is 56.0 Å². The van der Waals surface area contributed by atoms with E-state index in [0.717, 1.165) is 25.3 Å². The van der Waals surface area contributed by atoms with Crippen molar-refractivity contribution in [3.63, 3.8) is 0 Å². The summed E-state index contributed by atoms with van der Waals surface area (Å²) >= 11 is 1.75. The first-order valence-corrected chi connectivity index (χ1v) is 12.5. The van der Waals surface area contributed by atoms with Gasteiger partial charge in [0.05, 0.1) is 6.04 Å². The van der Waals surface area contributed by atoms with Crippen molar-refractivity contribution >= 4 is 28.6 Å². The summed E-state index contributed by atoms with van der Waals surface area (Å²) in [7, 11) is 0. The molecule has 1 aromatic heterocycles. The van der Waals surface area contributed by atoms with Crippen LogP contribution >= 0.6 is 11.8 Å². The maximum absolute atomic E-state index is 13.4. The van der Waals surface area contributed by atoms with Gasteiger partial charge >= 0.3 is 0 Å². The molecule has 30 heavy (non-hydrogen) atoms. The Kier molecular flexibility index (Phi) is 5.60. The molecule has 3 nitrogen and oxygen atoms in total. The summed E-state index contributed by atoms with van der Waals surface area (Å²) in [5, 5.41) is 1.30. The minimum atomic E-state index is -0.0202. The fourth-order valence-corrected chi connectivity index (χ4v) is 5.82. The molecule has 0 radical (unpaired) electrons. The third-order valence-corrected chi connectivity index (χ3v) is 7.77. The number of aromatic amines is 1. The maximum Gasteiger partial charge on any atom is 0.223 e. The first-order chi connectivity index (χ1) is 14.7. The number of nitrogens with one attached hydrogen (secondary N) is 1. The number of amides is 1. The van der Waals surface area contributed by atoms with Crippen LogP contribution in [0.5, 0.6) is 0 Å². The third-order valence-electron chi connectivity index (χ3n) is 7.03. The molecular weight excluding hydrogens is 388 g/mol. The van der Waals surface area contributed by atoms with Crippen LogP contribution in [0.25, 0.3) is 10.9 Å². The normalized spacial score (nSPS) is 19.4. The zero-order chi connectivity index (χ0) is 20.5. The number of fused-ring (bicyclic) bond motifs is 3. The summed E-state index contributed by atoms with van der Waals surface area (Å²) in [6.45, 7) is 0.799. The summed E-state index contributed by atoms with van der Waals surface area (Å²) in [6.07, 6.45) is 10.0. The third kappa shape index (κ3) is 3.66. The Labute approximate surface area is 183 Å². The molecule has 5 rings (SSSR count). The Bertz CT molecular complexity index is 1030. The second-order valence-corrected chi connectivity index (χ2v) is 9.64. The van der Waals surface area contributed by atoms with Crippen LogP contribution in [0.4, 0.5) is 0 Å². The second-order valence-electron chi connectivity index (χ2n) is 8.76. The van der Waals surface area contributed by atoms with Crippen molar-refractivity contribution < 1.29 is 4.79 Å². The van der Waals surface area contributed by atoms with E-state index in [4.69, 9.17) is 0 Å². The Balaban J connectivity index is 1.49. The minimum Gasteiger partial charge on any atom is -0.356 e. The van der Waals surface area contributed by atoms with Gasteiger partial charge in [0, 0.05) is 34.5 Å². The van der Waals surface area contributed by atoms with E-state index in [1.54, 1.807) is 11.8 Å². The largest absolute Gasteiger partial charge is 0.356 e. The second kappa shape index (κ2) is 8.50. The molecule has 2 heterocycles. The summed E-state index contributed by atoms with van der Waals surface area (Å²) in [4.78, 5) is 20.5. The molecule has 1 N–H and O–H groups in total. The molecule has 0 saturated heterocycles. The fraction of sp³-hybridized carbons (Fsp3) is 0.423. The predicted molar refractivity (Wildman–Crippen MR) is 125 cm³/mol. The van der Waals surface area contributed by atoms with E-state index in [9.17, 15) is 4.79 Å². The lowest BCUT2D eigenvalue weighted by molar-refractivity contribution is -0.133. The van der Waals surface area contributed by atoms with E-state index in [2.05, 4.69) is 64.7 Å². The Hall–Kier alpha value is -2.20. The standard InChI is InChI=1S/C26H30N2OS/c1-30-20-13-11-19(12-14-20)26-25-22(21-8-4-5-9-23(21)27-25)16-17-28(26)24(29)15-10-18-6-2-3-7-18/h4-5,8-9,11-14,18,26-27H,2-3,6-7,10,15-17H2,1H3/t26-/m0/s1. The molecular formula is C26H30N2OS. The monoisotopic (exact) mass is 418 g/mol. The zero-order valence-electron chi connectivity index (χ0n) is 17.7. The molecule has 2 aromatic carbocycles. The number of H-pyrrole nitrogens is 1. The highest BCUT2D eigenvalue weighted by Gasteiger charge is 2.34. The van der Waals surface area contributed by atoms with Crippen LogP contribution in [-0.4, -0.2) is 28.6 Å². The first-order valence-electron chi connectivity index (χ1n) is 11.3. The van der Waals surface area contributed by atoms with E-state index in [-0.39, 0.29) is 6.04 Å². The quantitative estimate of drug-likeness (QED) is 0.491. The predicted octanol–water partition coefficient (Wildman–Crippen LogP) is 6.33. The maximum atomic E-state index is 13.4. The van der Waals surface area contributed by atoms with E-state index in [1.807, 2.05) is 0 Å². The number of hydrogen-bond donors (Lipinski definition) is 1. The van der Waals surface area contributed by atoms with Gasteiger partial charge in [-0.15, -0.1) is 11.8 Å². The number of nitrogens with zero attached hydrogens (tertiary/aromatic N) is 1. The lowest BCUT2D eigenvalue weighted by Gasteiger charge is -2.36. The van der Waals surface area contributed by atoms with E-state index < -0.39 is 0 Å². The summed E-state index contributed by atoms with van der Waals surface area (Å²) in [6, 6.07) is 17.3. The molecule has 0 unspecified atom stereocenters. The molecule has 156 valence electrons. The smallest absolute Gasteiger partial charge is 0.223 e. The molecule has 1 aliphatic heterocycles. The molecule has 1 amide bonds. The van der Waals surface area contributed by atoms with E-state index in [0.29, 0.717) is 12.3 Å². The summed E-state index contributed by atoms with van der Waals surface area (Å²) in [5.41, 5.74) is 4.96. The number of aromatic nitrogens is 1. The summed E-state index contributed by atoms with van der Waals surface area (Å²) in [5.74, 6) is 1.06. The Morgan fingerprint density at radius 1 is 1.10 bits per heavy atom. The van der Waals surface area contributed by atoms with Crippen LogP contribution in [0.3, 0.4) is 0 Å². The Morgan fingerprint density at radius 3 is 2.63 bits per heavy atom. The van der Waals surface area contributed by atoms with Crippen molar-refractivity contribution in [3.8, 4) is 0 Å². The van der Waals surface area contributed by atoms with Gasteiger partial charge in [0.25, 0.3) is 0 Å². The fourth-order valence-electron chi connectivity index (χ4n) is 5.41. The minimum absolute atomic E-state index is 0.0202. The van der Waals surface area contributed by atoms with Crippen molar-refractivity contribution in [2.45, 2.75) is 55.9 Å².